The van der Waals surface area contributed by atoms with E-state index in [-0.39, 0.29) is 11.3 Å². The molecule has 1 amide bonds. The summed E-state index contributed by atoms with van der Waals surface area (Å²) in [6.45, 7) is 10.8. The van der Waals surface area contributed by atoms with Crippen LogP contribution in [0.3, 0.4) is 0 Å². The van der Waals surface area contributed by atoms with Crippen molar-refractivity contribution in [1.82, 2.24) is 9.55 Å². The first-order valence-electron chi connectivity index (χ1n) is 10.0. The highest BCUT2D eigenvalue weighted by atomic mass is 19.4. The van der Waals surface area contributed by atoms with Crippen LogP contribution in [0.1, 0.15) is 55.5 Å². The van der Waals surface area contributed by atoms with Crippen LogP contribution in [0.25, 0.3) is 0 Å². The summed E-state index contributed by atoms with van der Waals surface area (Å²) in [6, 6.07) is 3.94. The van der Waals surface area contributed by atoms with Crippen molar-refractivity contribution < 1.29 is 18.0 Å². The van der Waals surface area contributed by atoms with Gasteiger partial charge in [-0.1, -0.05) is 20.8 Å². The maximum absolute atomic E-state index is 13.2. The number of nitrogens with one attached hydrogen (secondary N) is 1. The first kappa shape index (κ1) is 22.2. The van der Waals surface area contributed by atoms with Gasteiger partial charge in [0, 0.05) is 43.5 Å². The lowest BCUT2D eigenvalue weighted by atomic mass is 9.92. The number of fused-ring (bicyclic) bond motifs is 1. The van der Waals surface area contributed by atoms with Crippen molar-refractivity contribution >= 4 is 17.3 Å². The normalized spacial score (nSPS) is 14.6. The lowest BCUT2D eigenvalue weighted by Gasteiger charge is -2.30. The third kappa shape index (κ3) is 4.63. The van der Waals surface area contributed by atoms with Crippen molar-refractivity contribution in [1.29, 1.82) is 0 Å². The molecule has 0 atom stereocenters. The Hall–Kier alpha value is -2.51. The van der Waals surface area contributed by atoms with Crippen LogP contribution in [0.15, 0.2) is 12.1 Å². The van der Waals surface area contributed by atoms with E-state index in [4.69, 9.17) is 0 Å². The Kier molecular flexibility index (Phi) is 5.64. The second-order valence-electron chi connectivity index (χ2n) is 9.30. The summed E-state index contributed by atoms with van der Waals surface area (Å²) in [5.74, 6) is -0.879. The molecule has 0 saturated heterocycles. The predicted octanol–water partition coefficient (Wildman–Crippen LogP) is 4.99. The highest BCUT2D eigenvalue weighted by Gasteiger charge is 2.38. The summed E-state index contributed by atoms with van der Waals surface area (Å²) >= 11 is 0. The van der Waals surface area contributed by atoms with Gasteiger partial charge in [-0.25, -0.2) is 4.98 Å². The molecule has 2 aromatic rings. The quantitative estimate of drug-likeness (QED) is 0.758. The van der Waals surface area contributed by atoms with E-state index >= 15 is 0 Å². The summed E-state index contributed by atoms with van der Waals surface area (Å²) in [7, 11) is 1.42. The molecule has 1 aromatic heterocycles. The van der Waals surface area contributed by atoms with E-state index < -0.39 is 12.0 Å². The molecule has 0 aliphatic carbocycles. The van der Waals surface area contributed by atoms with E-state index in [1.165, 1.54) is 7.05 Å². The SMILES string of the molecule is Cc1cc(N2CCc3c(nc(C(F)(F)F)n3C)C2)cc(C)c1NC(=O)CC(C)(C)C. The van der Waals surface area contributed by atoms with Gasteiger partial charge in [-0.2, -0.15) is 13.2 Å². The van der Waals surface area contributed by atoms with E-state index in [0.717, 1.165) is 27.1 Å². The van der Waals surface area contributed by atoms with Crippen molar-refractivity contribution in [2.45, 2.75) is 60.2 Å². The van der Waals surface area contributed by atoms with E-state index in [1.807, 2.05) is 51.7 Å². The molecule has 0 saturated carbocycles. The number of hydrogen-bond donors (Lipinski definition) is 1. The second-order valence-corrected chi connectivity index (χ2v) is 9.30. The van der Waals surface area contributed by atoms with Gasteiger partial charge in [0.05, 0.1) is 12.2 Å². The number of carbonyl (C=O) groups is 1. The molecule has 2 heterocycles. The van der Waals surface area contributed by atoms with E-state index in [9.17, 15) is 18.0 Å². The van der Waals surface area contributed by atoms with Crippen LogP contribution in [0, 0.1) is 19.3 Å². The fourth-order valence-corrected chi connectivity index (χ4v) is 3.99. The summed E-state index contributed by atoms with van der Waals surface area (Å²) < 4.78 is 40.7. The Morgan fingerprint density at radius 3 is 2.30 bits per heavy atom. The number of benzene rings is 1. The predicted molar refractivity (Wildman–Crippen MR) is 112 cm³/mol. The Morgan fingerprint density at radius 1 is 1.17 bits per heavy atom. The van der Waals surface area contributed by atoms with Gasteiger partial charge >= 0.3 is 6.18 Å². The van der Waals surface area contributed by atoms with Crippen molar-refractivity contribution in [3.63, 3.8) is 0 Å². The Morgan fingerprint density at radius 2 is 1.77 bits per heavy atom. The maximum Gasteiger partial charge on any atom is 0.449 e. The average molecular weight is 422 g/mol. The molecule has 0 fully saturated rings. The van der Waals surface area contributed by atoms with Gasteiger partial charge in [-0.05, 0) is 42.5 Å². The molecular formula is C22H29F3N4O. The zero-order valence-corrected chi connectivity index (χ0v) is 18.4. The van der Waals surface area contributed by atoms with Gasteiger partial charge in [-0.3, -0.25) is 4.79 Å². The Bertz CT molecular complexity index is 947. The molecule has 30 heavy (non-hydrogen) atoms. The second kappa shape index (κ2) is 7.63. The topological polar surface area (TPSA) is 50.2 Å². The number of imidazole rings is 1. The zero-order chi connectivity index (χ0) is 22.4. The van der Waals surface area contributed by atoms with E-state index in [0.29, 0.717) is 37.3 Å². The number of amides is 1. The summed E-state index contributed by atoms with van der Waals surface area (Å²) in [5.41, 5.74) is 4.57. The molecule has 5 nitrogen and oxygen atoms in total. The van der Waals surface area contributed by atoms with Crippen LogP contribution >= 0.6 is 0 Å². The van der Waals surface area contributed by atoms with E-state index in [1.54, 1.807) is 0 Å². The van der Waals surface area contributed by atoms with Crippen molar-refractivity contribution in [2.24, 2.45) is 12.5 Å². The number of halogens is 3. The summed E-state index contributed by atoms with van der Waals surface area (Å²) in [4.78, 5) is 18.3. The molecule has 1 N–H and O–H groups in total. The van der Waals surface area contributed by atoms with Crippen LogP contribution in [-0.4, -0.2) is 22.0 Å². The molecule has 8 heteroatoms. The van der Waals surface area contributed by atoms with Gasteiger partial charge in [0.25, 0.3) is 0 Å². The lowest BCUT2D eigenvalue weighted by Crippen LogP contribution is -2.31. The number of anilines is 2. The standard InChI is InChI=1S/C22H29F3N4O/c1-13-9-15(10-14(2)19(13)27-18(30)11-21(3,4)5)29-8-7-17-16(12-29)26-20(28(17)6)22(23,24)25/h9-10H,7-8,11-12H2,1-6H3,(H,27,30). The Labute approximate surface area is 175 Å². The molecule has 0 radical (unpaired) electrons. The van der Waals surface area contributed by atoms with Gasteiger partial charge in [-0.15, -0.1) is 0 Å². The molecule has 0 unspecified atom stereocenters. The van der Waals surface area contributed by atoms with Crippen LogP contribution in [0.5, 0.6) is 0 Å². The first-order chi connectivity index (χ1) is 13.8. The van der Waals surface area contributed by atoms with Crippen molar-refractivity contribution in [2.75, 3.05) is 16.8 Å². The molecule has 1 aliphatic rings. The lowest BCUT2D eigenvalue weighted by molar-refractivity contribution is -0.146. The van der Waals surface area contributed by atoms with Crippen LogP contribution in [0.4, 0.5) is 24.5 Å². The molecule has 0 spiro atoms. The number of carbonyl (C=O) groups excluding carboxylic acids is 1. The minimum atomic E-state index is -4.46. The number of nitrogens with zero attached hydrogens (tertiary/aromatic N) is 3. The van der Waals surface area contributed by atoms with Gasteiger partial charge < -0.3 is 14.8 Å². The molecular weight excluding hydrogens is 393 g/mol. The zero-order valence-electron chi connectivity index (χ0n) is 18.4. The Balaban J connectivity index is 1.82. The molecule has 0 bridgehead atoms. The molecule has 1 aromatic carbocycles. The third-order valence-corrected chi connectivity index (χ3v) is 5.35. The first-order valence-corrected chi connectivity index (χ1v) is 10.0. The number of rotatable bonds is 3. The largest absolute Gasteiger partial charge is 0.449 e. The number of aryl methyl sites for hydroxylation is 2. The van der Waals surface area contributed by atoms with Crippen LogP contribution in [-0.2, 0) is 31.0 Å². The van der Waals surface area contributed by atoms with Crippen molar-refractivity contribution in [3.8, 4) is 0 Å². The van der Waals surface area contributed by atoms with Crippen LogP contribution in [0.2, 0.25) is 0 Å². The average Bonchev–Trinajstić information content (AvgIpc) is 2.93. The molecule has 1 aliphatic heterocycles. The smallest absolute Gasteiger partial charge is 0.365 e. The third-order valence-electron chi connectivity index (χ3n) is 5.35. The van der Waals surface area contributed by atoms with E-state index in [2.05, 4.69) is 10.3 Å². The maximum atomic E-state index is 13.2. The highest BCUT2D eigenvalue weighted by Crippen LogP contribution is 2.34. The monoisotopic (exact) mass is 422 g/mol. The fourth-order valence-electron chi connectivity index (χ4n) is 3.99. The molecule has 3 rings (SSSR count). The fraction of sp³-hybridized carbons (Fsp3) is 0.545. The van der Waals surface area contributed by atoms with Gasteiger partial charge in [0.2, 0.25) is 11.7 Å². The number of alkyl halides is 3. The highest BCUT2D eigenvalue weighted by molar-refractivity contribution is 5.93. The van der Waals surface area contributed by atoms with Crippen LogP contribution < -0.4 is 10.2 Å². The summed E-state index contributed by atoms with van der Waals surface area (Å²) in [5, 5.41) is 3.01. The number of aromatic nitrogens is 2. The number of hydrogen-bond acceptors (Lipinski definition) is 3. The minimum absolute atomic E-state index is 0.0303. The minimum Gasteiger partial charge on any atom is -0.365 e. The van der Waals surface area contributed by atoms with Crippen molar-refractivity contribution in [3.05, 3.63) is 40.5 Å². The summed E-state index contributed by atoms with van der Waals surface area (Å²) in [6.07, 6.45) is -3.54. The van der Waals surface area contributed by atoms with Gasteiger partial charge in [0.15, 0.2) is 0 Å². The molecule has 164 valence electrons. The van der Waals surface area contributed by atoms with Gasteiger partial charge in [0.1, 0.15) is 0 Å².